The van der Waals surface area contributed by atoms with Crippen LogP contribution in [-0.2, 0) is 16.0 Å². The maximum atomic E-state index is 11.8. The lowest BCUT2D eigenvalue weighted by atomic mass is 10.0. The second-order valence-electron chi connectivity index (χ2n) is 4.63. The van der Waals surface area contributed by atoms with Gasteiger partial charge in [-0.1, -0.05) is 30.3 Å². The van der Waals surface area contributed by atoms with Gasteiger partial charge in [0.15, 0.2) is 0 Å². The first-order valence-electron chi connectivity index (χ1n) is 6.57. The summed E-state index contributed by atoms with van der Waals surface area (Å²) in [6.45, 7) is 0.452. The van der Waals surface area contributed by atoms with Gasteiger partial charge in [-0.2, -0.15) is 0 Å². The Morgan fingerprint density at radius 2 is 1.90 bits per heavy atom. The topological polar surface area (TPSA) is 118 Å². The average molecular weight is 279 g/mol. The Kier molecular flexibility index (Phi) is 6.69. The van der Waals surface area contributed by atoms with E-state index in [2.05, 4.69) is 5.32 Å². The van der Waals surface area contributed by atoms with Gasteiger partial charge in [-0.05, 0) is 24.9 Å². The SMILES string of the molecule is NCCC[C@@H](N)C(=O)N[C@@H](Cc1ccccc1)C(=O)O. The quantitative estimate of drug-likeness (QED) is 0.528. The van der Waals surface area contributed by atoms with Crippen LogP contribution < -0.4 is 16.8 Å². The Labute approximate surface area is 118 Å². The number of carbonyl (C=O) groups excluding carboxylic acids is 1. The zero-order chi connectivity index (χ0) is 15.0. The first-order chi connectivity index (χ1) is 9.54. The van der Waals surface area contributed by atoms with Crippen molar-refractivity contribution in [3.05, 3.63) is 35.9 Å². The molecule has 1 aromatic carbocycles. The van der Waals surface area contributed by atoms with Gasteiger partial charge in [0.1, 0.15) is 6.04 Å². The highest BCUT2D eigenvalue weighted by atomic mass is 16.4. The number of nitrogens with one attached hydrogen (secondary N) is 1. The minimum atomic E-state index is -1.08. The van der Waals surface area contributed by atoms with Gasteiger partial charge < -0.3 is 21.9 Å². The van der Waals surface area contributed by atoms with E-state index in [1.54, 1.807) is 0 Å². The summed E-state index contributed by atoms with van der Waals surface area (Å²) in [6, 6.07) is 7.42. The van der Waals surface area contributed by atoms with Crippen LogP contribution in [0.3, 0.4) is 0 Å². The molecule has 0 aliphatic heterocycles. The van der Waals surface area contributed by atoms with Gasteiger partial charge in [-0.15, -0.1) is 0 Å². The van der Waals surface area contributed by atoms with Crippen molar-refractivity contribution >= 4 is 11.9 Å². The molecule has 6 heteroatoms. The number of carboxylic acid groups (broad SMARTS) is 1. The Morgan fingerprint density at radius 1 is 1.25 bits per heavy atom. The van der Waals surface area contributed by atoms with Gasteiger partial charge in [0.05, 0.1) is 6.04 Å². The smallest absolute Gasteiger partial charge is 0.326 e. The number of amides is 1. The third kappa shape index (κ3) is 5.38. The van der Waals surface area contributed by atoms with E-state index >= 15 is 0 Å². The van der Waals surface area contributed by atoms with Gasteiger partial charge in [0.2, 0.25) is 5.91 Å². The molecule has 6 nitrogen and oxygen atoms in total. The summed E-state index contributed by atoms with van der Waals surface area (Å²) in [7, 11) is 0. The fourth-order valence-corrected chi connectivity index (χ4v) is 1.80. The van der Waals surface area contributed by atoms with Crippen LogP contribution >= 0.6 is 0 Å². The first kappa shape index (κ1) is 16.1. The van der Waals surface area contributed by atoms with Crippen LogP contribution in [0.1, 0.15) is 18.4 Å². The third-order valence-corrected chi connectivity index (χ3v) is 2.95. The van der Waals surface area contributed by atoms with E-state index in [0.29, 0.717) is 19.4 Å². The zero-order valence-corrected chi connectivity index (χ0v) is 11.3. The summed E-state index contributed by atoms with van der Waals surface area (Å²) in [4.78, 5) is 23.0. The standard InChI is InChI=1S/C14H21N3O3/c15-8-4-7-11(16)13(18)17-12(14(19)20)9-10-5-2-1-3-6-10/h1-3,5-6,11-12H,4,7-9,15-16H2,(H,17,18)(H,19,20)/t11-,12+/m1/s1. The van der Waals surface area contributed by atoms with Crippen LogP contribution in [0.5, 0.6) is 0 Å². The Hall–Kier alpha value is -1.92. The molecule has 20 heavy (non-hydrogen) atoms. The zero-order valence-electron chi connectivity index (χ0n) is 11.3. The summed E-state index contributed by atoms with van der Waals surface area (Å²) >= 11 is 0. The van der Waals surface area contributed by atoms with Gasteiger partial charge in [0, 0.05) is 6.42 Å². The molecule has 0 radical (unpaired) electrons. The third-order valence-electron chi connectivity index (χ3n) is 2.95. The van der Waals surface area contributed by atoms with E-state index in [1.165, 1.54) is 0 Å². The highest BCUT2D eigenvalue weighted by Crippen LogP contribution is 2.04. The van der Waals surface area contributed by atoms with Crippen molar-refractivity contribution in [3.8, 4) is 0 Å². The van der Waals surface area contributed by atoms with E-state index in [4.69, 9.17) is 16.6 Å². The highest BCUT2D eigenvalue weighted by Gasteiger charge is 2.23. The molecule has 0 aliphatic rings. The molecule has 0 saturated carbocycles. The van der Waals surface area contributed by atoms with Crippen molar-refractivity contribution in [1.82, 2.24) is 5.32 Å². The molecule has 6 N–H and O–H groups in total. The highest BCUT2D eigenvalue weighted by molar-refractivity contribution is 5.86. The fraction of sp³-hybridized carbons (Fsp3) is 0.429. The molecule has 1 aromatic rings. The average Bonchev–Trinajstić information content (AvgIpc) is 2.44. The lowest BCUT2D eigenvalue weighted by molar-refractivity contribution is -0.142. The summed E-state index contributed by atoms with van der Waals surface area (Å²) in [5.74, 6) is -1.53. The predicted octanol–water partition coefficient (Wildman–Crippen LogP) is -0.135. The maximum absolute atomic E-state index is 11.8. The van der Waals surface area contributed by atoms with Gasteiger partial charge in [-0.3, -0.25) is 4.79 Å². The fourth-order valence-electron chi connectivity index (χ4n) is 1.80. The number of carbonyl (C=O) groups is 2. The summed E-state index contributed by atoms with van der Waals surface area (Å²) < 4.78 is 0. The number of aliphatic carboxylic acids is 1. The molecule has 1 rings (SSSR count). The molecule has 0 fully saturated rings. The Balaban J connectivity index is 2.59. The molecule has 0 heterocycles. The molecule has 2 atom stereocenters. The van der Waals surface area contributed by atoms with E-state index in [1.807, 2.05) is 30.3 Å². The number of nitrogens with two attached hydrogens (primary N) is 2. The van der Waals surface area contributed by atoms with E-state index in [9.17, 15) is 9.59 Å². The molecular weight excluding hydrogens is 258 g/mol. The van der Waals surface area contributed by atoms with Crippen LogP contribution in [0, 0.1) is 0 Å². The number of hydrogen-bond acceptors (Lipinski definition) is 4. The van der Waals surface area contributed by atoms with Gasteiger partial charge in [-0.25, -0.2) is 4.79 Å². The molecule has 0 bridgehead atoms. The Bertz CT molecular complexity index is 437. The second kappa shape index (κ2) is 8.29. The number of benzene rings is 1. The summed E-state index contributed by atoms with van der Waals surface area (Å²) in [5, 5.41) is 11.6. The normalized spacial score (nSPS) is 13.5. The monoisotopic (exact) mass is 279 g/mol. The van der Waals surface area contributed by atoms with Gasteiger partial charge >= 0.3 is 5.97 Å². The van der Waals surface area contributed by atoms with Crippen LogP contribution in [0.2, 0.25) is 0 Å². The predicted molar refractivity (Wildman–Crippen MR) is 76.0 cm³/mol. The van der Waals surface area contributed by atoms with Crippen molar-refractivity contribution in [1.29, 1.82) is 0 Å². The lowest BCUT2D eigenvalue weighted by Crippen LogP contribution is -2.49. The van der Waals surface area contributed by atoms with E-state index < -0.39 is 24.0 Å². The molecule has 0 saturated heterocycles. The van der Waals surface area contributed by atoms with Crippen molar-refractivity contribution < 1.29 is 14.7 Å². The van der Waals surface area contributed by atoms with Crippen molar-refractivity contribution in [2.45, 2.75) is 31.3 Å². The van der Waals surface area contributed by atoms with E-state index in [-0.39, 0.29) is 6.42 Å². The molecule has 0 aromatic heterocycles. The number of carboxylic acids is 1. The van der Waals surface area contributed by atoms with Crippen molar-refractivity contribution in [2.75, 3.05) is 6.54 Å². The minimum absolute atomic E-state index is 0.228. The molecular formula is C14H21N3O3. The van der Waals surface area contributed by atoms with Crippen LogP contribution in [0.4, 0.5) is 0 Å². The largest absolute Gasteiger partial charge is 0.480 e. The van der Waals surface area contributed by atoms with E-state index in [0.717, 1.165) is 5.56 Å². The number of hydrogen-bond donors (Lipinski definition) is 4. The Morgan fingerprint density at radius 3 is 2.45 bits per heavy atom. The second-order valence-corrected chi connectivity index (χ2v) is 4.63. The molecule has 110 valence electrons. The molecule has 0 spiro atoms. The molecule has 0 unspecified atom stereocenters. The first-order valence-corrected chi connectivity index (χ1v) is 6.57. The van der Waals surface area contributed by atoms with Gasteiger partial charge in [0.25, 0.3) is 0 Å². The molecule has 1 amide bonds. The van der Waals surface area contributed by atoms with Crippen molar-refractivity contribution in [2.24, 2.45) is 11.5 Å². The summed E-state index contributed by atoms with van der Waals surface area (Å²) in [6.07, 6.45) is 1.30. The number of rotatable bonds is 8. The van der Waals surface area contributed by atoms with Crippen molar-refractivity contribution in [3.63, 3.8) is 0 Å². The van der Waals surface area contributed by atoms with Crippen LogP contribution in [-0.4, -0.2) is 35.6 Å². The molecule has 0 aliphatic carbocycles. The summed E-state index contributed by atoms with van der Waals surface area (Å²) in [5.41, 5.74) is 11.9. The minimum Gasteiger partial charge on any atom is -0.480 e. The maximum Gasteiger partial charge on any atom is 0.326 e. The van der Waals surface area contributed by atoms with Crippen LogP contribution in [0.25, 0.3) is 0 Å². The van der Waals surface area contributed by atoms with Crippen LogP contribution in [0.15, 0.2) is 30.3 Å². The lowest BCUT2D eigenvalue weighted by Gasteiger charge is -2.17.